The Morgan fingerprint density at radius 2 is 1.00 bits per heavy atom. The van der Waals surface area contributed by atoms with E-state index in [-0.39, 0.29) is 36.8 Å². The Balaban J connectivity index is 1.37. The molecule has 0 spiro atoms. The van der Waals surface area contributed by atoms with Gasteiger partial charge >= 0.3 is 17.9 Å². The van der Waals surface area contributed by atoms with Crippen molar-refractivity contribution in [2.24, 2.45) is 0 Å². The van der Waals surface area contributed by atoms with Crippen LogP contribution in [0.25, 0.3) is 0 Å². The molecule has 77 heavy (non-hydrogen) atoms. The molecule has 0 amide bonds. The summed E-state index contributed by atoms with van der Waals surface area (Å²) in [6, 6.07) is 0. The second-order valence-corrected chi connectivity index (χ2v) is 20.4. The quantitative estimate of drug-likeness (QED) is 0.0216. The van der Waals surface area contributed by atoms with Gasteiger partial charge in [0.1, 0.15) is 79.4 Å². The maximum atomic E-state index is 13.8. The minimum Gasteiger partial charge on any atom is -0.453 e. The van der Waals surface area contributed by atoms with Crippen LogP contribution in [0.5, 0.6) is 0 Å². The minimum atomic E-state index is -2.09. The van der Waals surface area contributed by atoms with E-state index in [0.29, 0.717) is 0 Å². The van der Waals surface area contributed by atoms with Gasteiger partial charge in [0.2, 0.25) is 6.29 Å². The fourth-order valence-corrected chi connectivity index (χ4v) is 8.71. The molecule has 5 aliphatic rings. The van der Waals surface area contributed by atoms with Crippen molar-refractivity contribution in [3.05, 3.63) is 48.6 Å². The van der Waals surface area contributed by atoms with Crippen molar-refractivity contribution in [1.82, 2.24) is 0 Å². The van der Waals surface area contributed by atoms with Crippen molar-refractivity contribution < 1.29 is 133 Å². The number of aliphatic hydroxyl groups excluding tert-OH is 10. The van der Waals surface area contributed by atoms with Crippen LogP contribution in [0.2, 0.25) is 0 Å². The van der Waals surface area contributed by atoms with Gasteiger partial charge in [0.25, 0.3) is 0 Å². The number of carbonyl (C=O) groups excluding carboxylic acids is 3. The lowest BCUT2D eigenvalue weighted by Gasteiger charge is -2.48. The largest absolute Gasteiger partial charge is 0.453 e. The Kier molecular flexibility index (Phi) is 23.2. The Labute approximate surface area is 444 Å². The molecule has 5 aliphatic heterocycles. The molecule has 27 heteroatoms. The van der Waals surface area contributed by atoms with E-state index in [9.17, 15) is 75.7 Å². The summed E-state index contributed by atoms with van der Waals surface area (Å²) in [6.45, 7) is 15.0. The van der Waals surface area contributed by atoms with Gasteiger partial charge in [0, 0.05) is 18.1 Å². The van der Waals surface area contributed by atoms with Crippen LogP contribution >= 0.6 is 0 Å². The molecule has 440 valence electrons. The zero-order chi connectivity index (χ0) is 57.4. The highest BCUT2D eigenvalue weighted by Crippen LogP contribution is 2.35. The smallest absolute Gasteiger partial charge is 0.333 e. The first-order chi connectivity index (χ1) is 36.0. The van der Waals surface area contributed by atoms with E-state index in [1.807, 2.05) is 0 Å². The first kappa shape index (κ1) is 64.4. The second-order valence-electron chi connectivity index (χ2n) is 20.4. The average molecular weight is 1110 g/mol. The van der Waals surface area contributed by atoms with E-state index >= 15 is 0 Å². The van der Waals surface area contributed by atoms with Gasteiger partial charge in [-0.2, -0.15) is 0 Å². The fourth-order valence-electron chi connectivity index (χ4n) is 8.71. The summed E-state index contributed by atoms with van der Waals surface area (Å²) in [4.78, 5) is 39.8. The molecule has 0 aromatic heterocycles. The Hall–Kier alpha value is -3.47. The molecule has 0 radical (unpaired) electrons. The van der Waals surface area contributed by atoms with Gasteiger partial charge in [0.05, 0.1) is 43.2 Å². The van der Waals surface area contributed by atoms with Crippen LogP contribution in [0.3, 0.4) is 0 Å². The molecule has 0 aromatic rings. The SMILES string of the molecule is C=CC(C)(O)CCC=C(C)C(=O)OC1C(OCC2OC(OC(C)=O)C(OC3OC(C)C(OC4OCC(O)C(OC5OCC(O)C(O)C5O)C4O)C(O)C3O)C(OC(=O)C(C)=CCCC(C)(O)C=C)C2O)OC(C)C(O)C1O. The monoisotopic (exact) mass is 1110 g/mol. The molecule has 5 saturated heterocycles. The predicted molar refractivity (Wildman–Crippen MR) is 257 cm³/mol. The third kappa shape index (κ3) is 16.6. The van der Waals surface area contributed by atoms with E-state index in [1.54, 1.807) is 0 Å². The number of ether oxygens (including phenoxy) is 12. The van der Waals surface area contributed by atoms with Gasteiger partial charge in [0.15, 0.2) is 43.5 Å². The summed E-state index contributed by atoms with van der Waals surface area (Å²) in [5, 5.41) is 130. The molecule has 0 aromatic carbocycles. The summed E-state index contributed by atoms with van der Waals surface area (Å²) in [5.74, 6) is -3.00. The molecule has 5 rings (SSSR count). The van der Waals surface area contributed by atoms with Gasteiger partial charge in [-0.15, -0.1) is 13.2 Å². The van der Waals surface area contributed by atoms with E-state index in [4.69, 9.17) is 56.8 Å². The van der Waals surface area contributed by atoms with Crippen LogP contribution in [0.4, 0.5) is 0 Å². The Morgan fingerprint density at radius 1 is 0.519 bits per heavy atom. The minimum absolute atomic E-state index is 0.0273. The lowest BCUT2D eigenvalue weighted by molar-refractivity contribution is -0.380. The van der Waals surface area contributed by atoms with Crippen LogP contribution in [-0.4, -0.2) is 252 Å². The predicted octanol–water partition coefficient (Wildman–Crippen LogP) is -3.59. The highest BCUT2D eigenvalue weighted by atomic mass is 16.8. The summed E-state index contributed by atoms with van der Waals surface area (Å²) in [7, 11) is 0. The number of allylic oxidation sites excluding steroid dienone is 2. The summed E-state index contributed by atoms with van der Waals surface area (Å²) < 4.78 is 68.9. The molecule has 5 fully saturated rings. The zero-order valence-corrected chi connectivity index (χ0v) is 43.9. The van der Waals surface area contributed by atoms with Crippen LogP contribution in [0.15, 0.2) is 48.6 Å². The van der Waals surface area contributed by atoms with E-state index in [1.165, 1.54) is 65.8 Å². The molecule has 25 atom stereocenters. The molecule has 27 nitrogen and oxygen atoms in total. The molecule has 0 saturated carbocycles. The molecular weight excluding hydrogens is 1030 g/mol. The van der Waals surface area contributed by atoms with Crippen LogP contribution in [-0.2, 0) is 71.2 Å². The van der Waals surface area contributed by atoms with Crippen molar-refractivity contribution in [3.8, 4) is 0 Å². The standard InChI is InChI=1S/C50H78O27/c1-10-49(8,64)16-12-14-21(3)42(62)73-39-31(56)28(20-68-47-40(32(57)29(54)23(5)69-47)74-43(63)22(4)15-13-17-50(9,65)11-2)72-48(71-25(7)51)41(39)77-46-35(60)33(58)37(24(6)70-46)75-45-36(61)38(27(53)19-67-45)76-44-34(59)30(55)26(52)18-66-44/h10-11,14-15,23-24,26-41,44-48,52-61,64-65H,1-2,12-13,16-20H2,3-9H3. The van der Waals surface area contributed by atoms with Gasteiger partial charge in [-0.1, -0.05) is 24.3 Å². The first-order valence-corrected chi connectivity index (χ1v) is 25.2. The van der Waals surface area contributed by atoms with Crippen LogP contribution < -0.4 is 0 Å². The van der Waals surface area contributed by atoms with Crippen molar-refractivity contribution in [2.45, 2.75) is 227 Å². The highest BCUT2D eigenvalue weighted by molar-refractivity contribution is 5.88. The van der Waals surface area contributed by atoms with Crippen LogP contribution in [0.1, 0.15) is 74.1 Å². The lowest BCUT2D eigenvalue weighted by Crippen LogP contribution is -2.66. The topological polar surface area (TPSA) is 405 Å². The highest BCUT2D eigenvalue weighted by Gasteiger charge is 2.56. The first-order valence-electron chi connectivity index (χ1n) is 25.2. The van der Waals surface area contributed by atoms with Gasteiger partial charge < -0.3 is 118 Å². The number of esters is 3. The molecule has 0 aliphatic carbocycles. The van der Waals surface area contributed by atoms with Gasteiger partial charge in [-0.3, -0.25) is 4.79 Å². The summed E-state index contributed by atoms with van der Waals surface area (Å²) in [6.07, 6.45) is -33.0. The lowest BCUT2D eigenvalue weighted by atomic mass is 9.96. The third-order valence-electron chi connectivity index (χ3n) is 13.9. The number of hydrogen-bond acceptors (Lipinski definition) is 27. The molecule has 5 heterocycles. The Bertz CT molecular complexity index is 2030. The maximum Gasteiger partial charge on any atom is 0.333 e. The average Bonchev–Trinajstić information content (AvgIpc) is 3.37. The van der Waals surface area contributed by atoms with Crippen molar-refractivity contribution in [3.63, 3.8) is 0 Å². The number of carbonyl (C=O) groups is 3. The van der Waals surface area contributed by atoms with Crippen LogP contribution in [0, 0.1) is 0 Å². The second kappa shape index (κ2) is 27.8. The van der Waals surface area contributed by atoms with E-state index in [0.717, 1.165) is 6.92 Å². The zero-order valence-electron chi connectivity index (χ0n) is 43.9. The molecular formula is C50H78O27. The molecule has 0 bridgehead atoms. The summed E-state index contributed by atoms with van der Waals surface area (Å²) >= 11 is 0. The van der Waals surface area contributed by atoms with Gasteiger partial charge in [-0.25, -0.2) is 9.59 Å². The third-order valence-corrected chi connectivity index (χ3v) is 13.9. The summed E-state index contributed by atoms with van der Waals surface area (Å²) in [5.41, 5.74) is -2.48. The number of hydrogen-bond donors (Lipinski definition) is 12. The molecule has 25 unspecified atom stereocenters. The van der Waals surface area contributed by atoms with Crippen molar-refractivity contribution in [1.29, 1.82) is 0 Å². The van der Waals surface area contributed by atoms with Crippen molar-refractivity contribution in [2.75, 3.05) is 19.8 Å². The van der Waals surface area contributed by atoms with Crippen molar-refractivity contribution >= 4 is 17.9 Å². The molecule has 12 N–H and O–H groups in total. The maximum absolute atomic E-state index is 13.8. The Morgan fingerprint density at radius 3 is 1.56 bits per heavy atom. The van der Waals surface area contributed by atoms with E-state index in [2.05, 4.69) is 13.2 Å². The van der Waals surface area contributed by atoms with E-state index < -0.39 is 190 Å². The fraction of sp³-hybridized carbons (Fsp3) is 0.780. The normalized spacial score (nSPS) is 41.8. The number of rotatable bonds is 22. The van der Waals surface area contributed by atoms with Gasteiger partial charge in [-0.05, 0) is 67.2 Å². The number of aliphatic hydroxyl groups is 12.